The summed E-state index contributed by atoms with van der Waals surface area (Å²) in [6.45, 7) is 1.18. The zero-order valence-corrected chi connectivity index (χ0v) is 9.53. The van der Waals surface area contributed by atoms with Crippen LogP contribution in [0.15, 0.2) is 23.1 Å². The smallest absolute Gasteiger partial charge is 0.252 e. The van der Waals surface area contributed by atoms with Gasteiger partial charge in [0.05, 0.1) is 5.56 Å². The van der Waals surface area contributed by atoms with Crippen molar-refractivity contribution < 1.29 is 9.53 Å². The van der Waals surface area contributed by atoms with Crippen LogP contribution in [0.2, 0.25) is 0 Å². The summed E-state index contributed by atoms with van der Waals surface area (Å²) in [6.07, 6.45) is 2.29. The highest BCUT2D eigenvalue weighted by molar-refractivity contribution is 5.93. The van der Waals surface area contributed by atoms with Crippen LogP contribution in [0.3, 0.4) is 0 Å². The Labute approximate surface area is 94.0 Å². The number of rotatable bonds is 5. The molecule has 0 atom stereocenters. The third-order valence-electron chi connectivity index (χ3n) is 2.16. The Bertz CT molecular complexity index is 412. The van der Waals surface area contributed by atoms with Crippen molar-refractivity contribution in [3.63, 3.8) is 0 Å². The molecule has 1 N–H and O–H groups in total. The summed E-state index contributed by atoms with van der Waals surface area (Å²) in [5, 5.41) is 2.75. The molecule has 0 saturated heterocycles. The molecule has 0 aliphatic carbocycles. The maximum Gasteiger partial charge on any atom is 0.252 e. The number of nitrogens with zero attached hydrogens (tertiary/aromatic N) is 1. The molecule has 5 heteroatoms. The lowest BCUT2D eigenvalue weighted by molar-refractivity contribution is 0.0948. The Hall–Kier alpha value is -1.62. The van der Waals surface area contributed by atoms with Crippen LogP contribution in [-0.4, -0.2) is 30.7 Å². The first-order chi connectivity index (χ1) is 7.65. The molecule has 0 unspecified atom stereocenters. The lowest BCUT2D eigenvalue weighted by atomic mass is 10.2. The number of carbonyl (C=O) groups excluding carboxylic acids is 1. The van der Waals surface area contributed by atoms with Gasteiger partial charge in [0.1, 0.15) is 0 Å². The van der Waals surface area contributed by atoms with Crippen molar-refractivity contribution in [3.8, 4) is 0 Å². The van der Waals surface area contributed by atoms with E-state index in [9.17, 15) is 9.59 Å². The minimum Gasteiger partial charge on any atom is -0.385 e. The number of aromatic nitrogens is 1. The number of ether oxygens (including phenoxy) is 1. The number of pyridine rings is 1. The van der Waals surface area contributed by atoms with E-state index < -0.39 is 0 Å². The number of methoxy groups -OCH3 is 1. The monoisotopic (exact) mass is 224 g/mol. The van der Waals surface area contributed by atoms with Crippen LogP contribution >= 0.6 is 0 Å². The largest absolute Gasteiger partial charge is 0.385 e. The van der Waals surface area contributed by atoms with Gasteiger partial charge in [-0.15, -0.1) is 0 Å². The molecule has 16 heavy (non-hydrogen) atoms. The Kier molecular flexibility index (Phi) is 4.72. The van der Waals surface area contributed by atoms with E-state index in [2.05, 4.69) is 5.32 Å². The number of amides is 1. The molecule has 0 radical (unpaired) electrons. The quantitative estimate of drug-likeness (QED) is 0.724. The highest BCUT2D eigenvalue weighted by atomic mass is 16.5. The van der Waals surface area contributed by atoms with Gasteiger partial charge in [-0.05, 0) is 12.5 Å². The van der Waals surface area contributed by atoms with Crippen LogP contribution in [0.5, 0.6) is 0 Å². The fourth-order valence-electron chi connectivity index (χ4n) is 1.25. The van der Waals surface area contributed by atoms with E-state index in [1.807, 2.05) is 0 Å². The average Bonchev–Trinajstić information content (AvgIpc) is 2.28. The van der Waals surface area contributed by atoms with Gasteiger partial charge in [-0.25, -0.2) is 0 Å². The first-order valence-electron chi connectivity index (χ1n) is 5.09. The first-order valence-corrected chi connectivity index (χ1v) is 5.09. The Morgan fingerprint density at radius 3 is 2.88 bits per heavy atom. The van der Waals surface area contributed by atoms with Crippen molar-refractivity contribution in [2.24, 2.45) is 7.05 Å². The van der Waals surface area contributed by atoms with Crippen LogP contribution in [0.1, 0.15) is 16.8 Å². The Morgan fingerprint density at radius 1 is 1.50 bits per heavy atom. The van der Waals surface area contributed by atoms with E-state index in [4.69, 9.17) is 4.74 Å². The maximum atomic E-state index is 11.6. The molecule has 1 aromatic heterocycles. The van der Waals surface area contributed by atoms with Crippen molar-refractivity contribution >= 4 is 5.91 Å². The minimum absolute atomic E-state index is 0.129. The fourth-order valence-corrected chi connectivity index (χ4v) is 1.25. The maximum absolute atomic E-state index is 11.6. The summed E-state index contributed by atoms with van der Waals surface area (Å²) in [5.74, 6) is -0.174. The van der Waals surface area contributed by atoms with Gasteiger partial charge in [0.15, 0.2) is 0 Å². The van der Waals surface area contributed by atoms with Crippen LogP contribution in [-0.2, 0) is 11.8 Å². The highest BCUT2D eigenvalue weighted by Crippen LogP contribution is 1.94. The number of nitrogens with one attached hydrogen (secondary N) is 1. The number of carbonyl (C=O) groups is 1. The van der Waals surface area contributed by atoms with Gasteiger partial charge in [0.25, 0.3) is 5.91 Å². The second-order valence-electron chi connectivity index (χ2n) is 3.47. The standard InChI is InChI=1S/C11H16N2O3/c1-13-8-9(4-5-10(13)14)11(15)12-6-3-7-16-2/h4-5,8H,3,6-7H2,1-2H3,(H,12,15). The molecule has 1 aromatic rings. The normalized spacial score (nSPS) is 10.1. The molecule has 88 valence electrons. The summed E-state index contributed by atoms with van der Waals surface area (Å²) >= 11 is 0. The van der Waals surface area contributed by atoms with Crippen LogP contribution < -0.4 is 10.9 Å². The predicted molar refractivity (Wildman–Crippen MR) is 60.5 cm³/mol. The first kappa shape index (κ1) is 12.4. The second kappa shape index (κ2) is 6.07. The van der Waals surface area contributed by atoms with E-state index in [1.54, 1.807) is 14.2 Å². The van der Waals surface area contributed by atoms with Gasteiger partial charge in [0.2, 0.25) is 5.56 Å². The Morgan fingerprint density at radius 2 is 2.25 bits per heavy atom. The molecular weight excluding hydrogens is 208 g/mol. The Balaban J connectivity index is 2.53. The predicted octanol–water partition coefficient (Wildman–Crippen LogP) is 0.152. The summed E-state index contributed by atoms with van der Waals surface area (Å²) in [6, 6.07) is 2.90. The molecule has 1 rings (SSSR count). The highest BCUT2D eigenvalue weighted by Gasteiger charge is 2.05. The molecule has 5 nitrogen and oxygen atoms in total. The van der Waals surface area contributed by atoms with E-state index in [1.165, 1.54) is 22.9 Å². The van der Waals surface area contributed by atoms with E-state index in [0.29, 0.717) is 18.7 Å². The molecule has 0 aromatic carbocycles. The van der Waals surface area contributed by atoms with Crippen molar-refractivity contribution in [1.29, 1.82) is 0 Å². The van der Waals surface area contributed by atoms with Gasteiger partial charge in [-0.1, -0.05) is 0 Å². The summed E-state index contributed by atoms with van der Waals surface area (Å²) in [4.78, 5) is 22.7. The number of aryl methyl sites for hydroxylation is 1. The molecule has 0 saturated carbocycles. The van der Waals surface area contributed by atoms with E-state index in [-0.39, 0.29) is 11.5 Å². The molecule has 0 bridgehead atoms. The van der Waals surface area contributed by atoms with E-state index in [0.717, 1.165) is 6.42 Å². The molecule has 1 amide bonds. The van der Waals surface area contributed by atoms with Gasteiger partial charge in [-0.3, -0.25) is 9.59 Å². The zero-order valence-electron chi connectivity index (χ0n) is 9.53. The van der Waals surface area contributed by atoms with Gasteiger partial charge in [0, 0.05) is 39.6 Å². The average molecular weight is 224 g/mol. The summed E-state index contributed by atoms with van der Waals surface area (Å²) in [5.41, 5.74) is 0.357. The van der Waals surface area contributed by atoms with Crippen LogP contribution in [0.4, 0.5) is 0 Å². The minimum atomic E-state index is -0.174. The van der Waals surface area contributed by atoms with Crippen molar-refractivity contribution in [2.75, 3.05) is 20.3 Å². The summed E-state index contributed by atoms with van der Waals surface area (Å²) < 4.78 is 6.25. The van der Waals surface area contributed by atoms with Crippen molar-refractivity contribution in [2.45, 2.75) is 6.42 Å². The van der Waals surface area contributed by atoms with Crippen LogP contribution in [0, 0.1) is 0 Å². The molecule has 1 heterocycles. The van der Waals surface area contributed by atoms with Gasteiger partial charge in [-0.2, -0.15) is 0 Å². The molecule has 0 aliphatic rings. The van der Waals surface area contributed by atoms with Crippen LogP contribution in [0.25, 0.3) is 0 Å². The van der Waals surface area contributed by atoms with Gasteiger partial charge < -0.3 is 14.6 Å². The lowest BCUT2D eigenvalue weighted by Gasteiger charge is -2.05. The third kappa shape index (κ3) is 3.51. The van der Waals surface area contributed by atoms with Crippen molar-refractivity contribution in [1.82, 2.24) is 9.88 Å². The zero-order chi connectivity index (χ0) is 12.0. The number of hydrogen-bond donors (Lipinski definition) is 1. The van der Waals surface area contributed by atoms with Crippen molar-refractivity contribution in [3.05, 3.63) is 34.2 Å². The topological polar surface area (TPSA) is 60.3 Å². The summed E-state index contributed by atoms with van der Waals surface area (Å²) in [7, 11) is 3.23. The SMILES string of the molecule is COCCCNC(=O)c1ccc(=O)n(C)c1. The van der Waals surface area contributed by atoms with E-state index >= 15 is 0 Å². The van der Waals surface area contributed by atoms with Gasteiger partial charge >= 0.3 is 0 Å². The molecular formula is C11H16N2O3. The lowest BCUT2D eigenvalue weighted by Crippen LogP contribution is -2.27. The number of hydrogen-bond acceptors (Lipinski definition) is 3. The second-order valence-corrected chi connectivity index (χ2v) is 3.47. The third-order valence-corrected chi connectivity index (χ3v) is 2.16. The molecule has 0 fully saturated rings. The molecule has 0 aliphatic heterocycles. The fraction of sp³-hybridized carbons (Fsp3) is 0.455. The molecule has 0 spiro atoms.